The second kappa shape index (κ2) is 9.92. The highest BCUT2D eigenvalue weighted by Gasteiger charge is 2.30. The molecule has 3 aromatic rings. The molecule has 6 heteroatoms. The Hall–Kier alpha value is -3.93. The highest BCUT2D eigenvalue weighted by molar-refractivity contribution is 5.99. The summed E-state index contributed by atoms with van der Waals surface area (Å²) in [4.78, 5) is 30.1. The van der Waals surface area contributed by atoms with Crippen molar-refractivity contribution in [2.24, 2.45) is 0 Å². The highest BCUT2D eigenvalue weighted by atomic mass is 16.5. The van der Waals surface area contributed by atoms with E-state index in [0.29, 0.717) is 12.8 Å². The quantitative estimate of drug-likeness (QED) is 0.327. The van der Waals surface area contributed by atoms with Crippen LogP contribution in [-0.4, -0.2) is 33.0 Å². The summed E-state index contributed by atoms with van der Waals surface area (Å²) in [6.45, 7) is 13.2. The normalized spacial score (nSPS) is 14.5. The number of rotatable bonds is 5. The minimum absolute atomic E-state index is 0.202. The summed E-state index contributed by atoms with van der Waals surface area (Å²) in [5, 5.41) is 0. The van der Waals surface area contributed by atoms with Crippen molar-refractivity contribution in [2.45, 2.75) is 80.1 Å². The van der Waals surface area contributed by atoms with Gasteiger partial charge >= 0.3 is 5.97 Å². The number of carbonyl (C=O) groups is 1. The van der Waals surface area contributed by atoms with Crippen molar-refractivity contribution in [3.8, 4) is 0 Å². The van der Waals surface area contributed by atoms with E-state index in [1.165, 1.54) is 46.1 Å². The summed E-state index contributed by atoms with van der Waals surface area (Å²) in [5.41, 5.74) is 19.7. The highest BCUT2D eigenvalue weighted by Crippen LogP contribution is 2.44. The Morgan fingerprint density at radius 2 is 1.38 bits per heavy atom. The van der Waals surface area contributed by atoms with E-state index in [1.54, 1.807) is 0 Å². The van der Waals surface area contributed by atoms with Crippen LogP contribution < -0.4 is 0 Å². The Morgan fingerprint density at radius 1 is 0.800 bits per heavy atom. The van der Waals surface area contributed by atoms with Gasteiger partial charge in [-0.15, -0.1) is 0 Å². The number of carbonyl (C=O) groups excluding carboxylic acids is 1. The number of aromatic amines is 2. The number of ether oxygens (including phenoxy) is 1. The average molecular weight is 535 g/mol. The number of allylic oxidation sites excluding steroid dienone is 4. The number of aryl methyl sites for hydroxylation is 4. The number of hydrogen-bond acceptors (Lipinski definition) is 4. The summed E-state index contributed by atoms with van der Waals surface area (Å²) in [7, 11) is 1.45. The zero-order valence-corrected chi connectivity index (χ0v) is 24.7. The maximum atomic E-state index is 12.1. The van der Waals surface area contributed by atoms with Crippen LogP contribution in [0.2, 0.25) is 0 Å². The molecular formula is C34H38N4O2. The summed E-state index contributed by atoms with van der Waals surface area (Å²) in [6, 6.07) is 6.67. The van der Waals surface area contributed by atoms with Gasteiger partial charge in [0, 0.05) is 34.1 Å². The zero-order chi connectivity index (χ0) is 28.3. The maximum Gasteiger partial charge on any atom is 0.305 e. The number of H-pyrrole nitrogens is 2. The van der Waals surface area contributed by atoms with E-state index in [4.69, 9.17) is 14.7 Å². The fourth-order valence-electron chi connectivity index (χ4n) is 6.75. The Labute approximate surface area is 235 Å². The van der Waals surface area contributed by atoms with Crippen LogP contribution in [0.1, 0.15) is 97.6 Å². The van der Waals surface area contributed by atoms with Crippen molar-refractivity contribution in [1.82, 2.24) is 19.9 Å². The number of hydrogen-bond donors (Lipinski definition) is 2. The molecule has 3 aromatic heterocycles. The molecule has 0 radical (unpaired) electrons. The molecule has 0 atom stereocenters. The third-order valence-corrected chi connectivity index (χ3v) is 9.17. The fraction of sp³-hybridized carbons (Fsp3) is 0.382. The van der Waals surface area contributed by atoms with Gasteiger partial charge in [-0.05, 0) is 123 Å². The smallest absolute Gasteiger partial charge is 0.305 e. The van der Waals surface area contributed by atoms with Crippen LogP contribution in [-0.2, 0) is 28.8 Å². The molecule has 1 aliphatic carbocycles. The molecule has 6 nitrogen and oxygen atoms in total. The van der Waals surface area contributed by atoms with Crippen molar-refractivity contribution in [3.63, 3.8) is 0 Å². The van der Waals surface area contributed by atoms with Gasteiger partial charge in [0.15, 0.2) is 0 Å². The summed E-state index contributed by atoms with van der Waals surface area (Å²) >= 11 is 0. The summed E-state index contributed by atoms with van der Waals surface area (Å²) in [6.07, 6.45) is 4.68. The number of fused-ring (bicyclic) bond motifs is 8. The molecular weight excluding hydrogens is 496 g/mol. The van der Waals surface area contributed by atoms with E-state index < -0.39 is 0 Å². The largest absolute Gasteiger partial charge is 0.469 e. The first kappa shape index (κ1) is 26.3. The molecule has 0 aromatic carbocycles. The van der Waals surface area contributed by atoms with Gasteiger partial charge < -0.3 is 14.7 Å². The molecule has 2 aliphatic heterocycles. The third-order valence-electron chi connectivity index (χ3n) is 9.17. The third kappa shape index (κ3) is 4.04. The Bertz CT molecular complexity index is 1810. The first-order valence-electron chi connectivity index (χ1n) is 14.5. The minimum Gasteiger partial charge on any atom is -0.469 e. The maximum absolute atomic E-state index is 12.1. The van der Waals surface area contributed by atoms with E-state index in [1.807, 2.05) is 0 Å². The van der Waals surface area contributed by atoms with Crippen LogP contribution in [0.25, 0.3) is 44.4 Å². The molecule has 206 valence electrons. The average Bonchev–Trinajstić information content (AvgIpc) is 3.70. The Morgan fingerprint density at radius 3 is 2.02 bits per heavy atom. The van der Waals surface area contributed by atoms with Crippen LogP contribution in [0.4, 0.5) is 0 Å². The monoisotopic (exact) mass is 534 g/mol. The first-order chi connectivity index (χ1) is 19.2. The lowest BCUT2D eigenvalue weighted by molar-refractivity contribution is -0.140. The van der Waals surface area contributed by atoms with Crippen LogP contribution in [0.5, 0.6) is 0 Å². The summed E-state index contributed by atoms with van der Waals surface area (Å²) < 4.78 is 4.98. The van der Waals surface area contributed by atoms with E-state index >= 15 is 0 Å². The van der Waals surface area contributed by atoms with Gasteiger partial charge in [-0.3, -0.25) is 4.79 Å². The second-order valence-corrected chi connectivity index (χ2v) is 11.2. The van der Waals surface area contributed by atoms with Gasteiger partial charge in [-0.2, -0.15) is 0 Å². The van der Waals surface area contributed by atoms with Crippen molar-refractivity contribution in [1.29, 1.82) is 0 Å². The number of nitrogens with one attached hydrogen (secondary N) is 2. The lowest BCUT2D eigenvalue weighted by Crippen LogP contribution is -2.01. The topological polar surface area (TPSA) is 83.7 Å². The molecule has 0 unspecified atom stereocenters. The minimum atomic E-state index is -0.202. The molecule has 2 N–H and O–H groups in total. The number of nitrogens with zero attached hydrogens (tertiary/aromatic N) is 2. The molecule has 0 saturated carbocycles. The van der Waals surface area contributed by atoms with Gasteiger partial charge in [0.1, 0.15) is 0 Å². The molecule has 0 amide bonds. The van der Waals surface area contributed by atoms with Gasteiger partial charge in [0.05, 0.1) is 29.9 Å². The van der Waals surface area contributed by atoms with E-state index in [-0.39, 0.29) is 5.97 Å². The van der Waals surface area contributed by atoms with E-state index in [2.05, 4.69) is 69.7 Å². The van der Waals surface area contributed by atoms with Gasteiger partial charge in [-0.1, -0.05) is 13.8 Å². The Kier molecular flexibility index (Phi) is 6.52. The predicted molar refractivity (Wildman–Crippen MR) is 164 cm³/mol. The fourth-order valence-corrected chi connectivity index (χ4v) is 6.75. The second-order valence-electron chi connectivity index (χ2n) is 11.2. The number of esters is 1. The molecule has 0 saturated heterocycles. The zero-order valence-electron chi connectivity index (χ0n) is 24.7. The summed E-state index contributed by atoms with van der Waals surface area (Å²) in [5.74, 6) is -0.202. The molecule has 5 heterocycles. The lowest BCUT2D eigenvalue weighted by atomic mass is 9.98. The van der Waals surface area contributed by atoms with Gasteiger partial charge in [0.2, 0.25) is 0 Å². The SMILES string of the molecule is CCc1c(C)c2cc3[nH]c(cc4nc(c5c6nc(cc1[nH]2)C(C)=C6CC5)C(CCC(=O)OC)=C4C)c(C)c3CC. The van der Waals surface area contributed by atoms with Crippen LogP contribution in [0.15, 0.2) is 18.2 Å². The number of methoxy groups -OCH3 is 1. The number of aromatic nitrogens is 4. The molecule has 40 heavy (non-hydrogen) atoms. The van der Waals surface area contributed by atoms with Crippen molar-refractivity contribution in [2.75, 3.05) is 7.11 Å². The molecule has 0 fully saturated rings. The molecule has 6 rings (SSSR count). The van der Waals surface area contributed by atoms with Crippen molar-refractivity contribution in [3.05, 3.63) is 68.8 Å². The first-order valence-corrected chi connectivity index (χ1v) is 14.5. The standard InChI is InChI=1S/C34H38N4O2/c1-8-21-17(3)26-14-28-20(6)24(12-13-32(39)40-7)34(37-28)25-11-10-23-19(5)29(38-33(23)25)16-31-22(9-2)18(4)27(36-31)15-30(21)35-26/h14-16,35-36H,8-13H2,1-7H3. The van der Waals surface area contributed by atoms with E-state index in [9.17, 15) is 4.79 Å². The van der Waals surface area contributed by atoms with Gasteiger partial charge in [-0.25, -0.2) is 9.97 Å². The Balaban J connectivity index is 1.75. The van der Waals surface area contributed by atoms with Crippen LogP contribution >= 0.6 is 0 Å². The molecule has 3 aliphatic rings. The molecule has 8 bridgehead atoms. The van der Waals surface area contributed by atoms with Crippen LogP contribution in [0.3, 0.4) is 0 Å². The molecule has 0 spiro atoms. The van der Waals surface area contributed by atoms with Gasteiger partial charge in [0.25, 0.3) is 0 Å². The van der Waals surface area contributed by atoms with E-state index in [0.717, 1.165) is 81.7 Å². The van der Waals surface area contributed by atoms with Crippen molar-refractivity contribution < 1.29 is 9.53 Å². The lowest BCUT2D eigenvalue weighted by Gasteiger charge is -2.06. The van der Waals surface area contributed by atoms with Crippen molar-refractivity contribution >= 4 is 50.3 Å². The van der Waals surface area contributed by atoms with Crippen LogP contribution in [0, 0.1) is 13.8 Å². The predicted octanol–water partition coefficient (Wildman–Crippen LogP) is 7.82.